The molecule has 6 heteroatoms. The molecule has 0 spiro atoms. The van der Waals surface area contributed by atoms with Crippen LogP contribution in [0.25, 0.3) is 0 Å². The summed E-state index contributed by atoms with van der Waals surface area (Å²) in [6.07, 6.45) is 3.16. The van der Waals surface area contributed by atoms with Gasteiger partial charge in [0.05, 0.1) is 12.5 Å². The predicted molar refractivity (Wildman–Crippen MR) is 67.0 cm³/mol. The van der Waals surface area contributed by atoms with E-state index in [4.69, 9.17) is 21.1 Å². The summed E-state index contributed by atoms with van der Waals surface area (Å²) < 4.78 is 4.96. The highest BCUT2D eigenvalue weighted by Gasteiger charge is 2.16. The summed E-state index contributed by atoms with van der Waals surface area (Å²) in [6.45, 7) is 0.490. The van der Waals surface area contributed by atoms with Crippen molar-refractivity contribution in [2.75, 3.05) is 11.9 Å². The number of pyridine rings is 1. The molecule has 1 N–H and O–H groups in total. The number of hydrogen-bond donors (Lipinski definition) is 1. The molecule has 0 saturated heterocycles. The summed E-state index contributed by atoms with van der Waals surface area (Å²) in [5.74, 6) is -0.704. The summed E-state index contributed by atoms with van der Waals surface area (Å²) >= 11 is 5.80. The summed E-state index contributed by atoms with van der Waals surface area (Å²) in [6, 6.07) is 4.71. The highest BCUT2D eigenvalue weighted by Crippen LogP contribution is 2.21. The molecule has 0 amide bonds. The van der Waals surface area contributed by atoms with Gasteiger partial charge in [0, 0.05) is 19.2 Å². The standard InChI is InChI=1S/C12H11ClN2O3/c1-15(6-8-4-5-18-7-8)11-9(12(16)17)2-3-10(13)14-11/h2-5,7H,6H2,1H3,(H,16,17). The molecule has 18 heavy (non-hydrogen) atoms. The number of aromatic nitrogens is 1. The Bertz CT molecular complexity index is 554. The number of rotatable bonds is 4. The largest absolute Gasteiger partial charge is 0.478 e. The number of hydrogen-bond acceptors (Lipinski definition) is 4. The molecular formula is C12H11ClN2O3. The van der Waals surface area contributed by atoms with Gasteiger partial charge in [0.15, 0.2) is 0 Å². The molecule has 2 aromatic heterocycles. The fourth-order valence-corrected chi connectivity index (χ4v) is 1.76. The Morgan fingerprint density at radius 3 is 2.89 bits per heavy atom. The maximum absolute atomic E-state index is 11.1. The average molecular weight is 267 g/mol. The van der Waals surface area contributed by atoms with E-state index in [1.54, 1.807) is 24.5 Å². The summed E-state index contributed by atoms with van der Waals surface area (Å²) in [4.78, 5) is 16.9. The third-order valence-corrected chi connectivity index (χ3v) is 2.64. The van der Waals surface area contributed by atoms with E-state index in [0.717, 1.165) is 5.56 Å². The zero-order chi connectivity index (χ0) is 13.1. The Morgan fingerprint density at radius 2 is 2.28 bits per heavy atom. The number of halogens is 1. The van der Waals surface area contributed by atoms with E-state index in [2.05, 4.69) is 4.98 Å². The van der Waals surface area contributed by atoms with E-state index >= 15 is 0 Å². The number of carboxylic acid groups (broad SMARTS) is 1. The summed E-state index contributed by atoms with van der Waals surface area (Å²) in [5.41, 5.74) is 1.04. The quantitative estimate of drug-likeness (QED) is 0.862. The van der Waals surface area contributed by atoms with Gasteiger partial charge in [-0.05, 0) is 18.2 Å². The lowest BCUT2D eigenvalue weighted by atomic mass is 10.2. The molecule has 0 fully saturated rings. The summed E-state index contributed by atoms with van der Waals surface area (Å²) in [7, 11) is 1.75. The molecule has 0 aliphatic carbocycles. The van der Waals surface area contributed by atoms with Crippen LogP contribution in [-0.2, 0) is 6.54 Å². The number of carbonyl (C=O) groups is 1. The van der Waals surface area contributed by atoms with Gasteiger partial charge in [-0.1, -0.05) is 11.6 Å². The molecule has 0 radical (unpaired) electrons. The second-order valence-corrected chi connectivity index (χ2v) is 4.19. The third-order valence-electron chi connectivity index (χ3n) is 2.43. The molecule has 0 unspecified atom stereocenters. The van der Waals surface area contributed by atoms with E-state index in [1.807, 2.05) is 6.07 Å². The van der Waals surface area contributed by atoms with Gasteiger partial charge in [0.25, 0.3) is 0 Å². The van der Waals surface area contributed by atoms with Gasteiger partial charge in [-0.15, -0.1) is 0 Å². The molecule has 94 valence electrons. The molecule has 0 aliphatic heterocycles. The van der Waals surface area contributed by atoms with Crippen molar-refractivity contribution in [2.45, 2.75) is 6.54 Å². The minimum absolute atomic E-state index is 0.116. The Labute approximate surface area is 109 Å². The van der Waals surface area contributed by atoms with Gasteiger partial charge in [-0.2, -0.15) is 0 Å². The second-order valence-electron chi connectivity index (χ2n) is 3.80. The van der Waals surface area contributed by atoms with E-state index in [1.165, 1.54) is 12.1 Å². The van der Waals surface area contributed by atoms with Crippen molar-refractivity contribution in [3.05, 3.63) is 47.0 Å². The molecule has 0 aliphatic rings. The van der Waals surface area contributed by atoms with Crippen LogP contribution in [0.2, 0.25) is 5.15 Å². The van der Waals surface area contributed by atoms with Crippen molar-refractivity contribution < 1.29 is 14.3 Å². The van der Waals surface area contributed by atoms with Gasteiger partial charge >= 0.3 is 5.97 Å². The van der Waals surface area contributed by atoms with E-state index in [0.29, 0.717) is 12.4 Å². The Hall–Kier alpha value is -2.01. The third kappa shape index (κ3) is 2.62. The van der Waals surface area contributed by atoms with Gasteiger partial charge in [-0.3, -0.25) is 0 Å². The zero-order valence-electron chi connectivity index (χ0n) is 9.63. The first-order chi connectivity index (χ1) is 8.58. The van der Waals surface area contributed by atoms with Crippen LogP contribution in [0, 0.1) is 0 Å². The van der Waals surface area contributed by atoms with Crippen LogP contribution < -0.4 is 4.90 Å². The van der Waals surface area contributed by atoms with Crippen LogP contribution in [0.3, 0.4) is 0 Å². The monoisotopic (exact) mass is 266 g/mol. The minimum atomic E-state index is -1.03. The van der Waals surface area contributed by atoms with Crippen LogP contribution in [0.4, 0.5) is 5.82 Å². The van der Waals surface area contributed by atoms with E-state index in [-0.39, 0.29) is 10.7 Å². The van der Waals surface area contributed by atoms with Gasteiger partial charge < -0.3 is 14.4 Å². The van der Waals surface area contributed by atoms with Crippen molar-refractivity contribution in [3.63, 3.8) is 0 Å². The summed E-state index contributed by atoms with van der Waals surface area (Å²) in [5, 5.41) is 9.36. The van der Waals surface area contributed by atoms with Crippen LogP contribution in [-0.4, -0.2) is 23.1 Å². The molecule has 0 saturated carbocycles. The van der Waals surface area contributed by atoms with Gasteiger partial charge in [0.1, 0.15) is 16.5 Å². The van der Waals surface area contributed by atoms with Gasteiger partial charge in [0.2, 0.25) is 0 Å². The molecule has 2 rings (SSSR count). The lowest BCUT2D eigenvalue weighted by Crippen LogP contribution is -2.20. The van der Waals surface area contributed by atoms with Crippen LogP contribution >= 0.6 is 11.6 Å². The maximum atomic E-state index is 11.1. The van der Waals surface area contributed by atoms with Crippen molar-refractivity contribution in [3.8, 4) is 0 Å². The molecular weight excluding hydrogens is 256 g/mol. The lowest BCUT2D eigenvalue weighted by molar-refractivity contribution is 0.0697. The number of furan rings is 1. The number of carboxylic acids is 1. The average Bonchev–Trinajstić information content (AvgIpc) is 2.81. The molecule has 2 heterocycles. The Kier molecular flexibility index (Phi) is 3.53. The Morgan fingerprint density at radius 1 is 1.50 bits per heavy atom. The van der Waals surface area contributed by atoms with E-state index < -0.39 is 5.97 Å². The fraction of sp³-hybridized carbons (Fsp3) is 0.167. The molecule has 0 aromatic carbocycles. The van der Waals surface area contributed by atoms with Crippen LogP contribution in [0.5, 0.6) is 0 Å². The molecule has 0 bridgehead atoms. The highest BCUT2D eigenvalue weighted by molar-refractivity contribution is 6.29. The fourth-order valence-electron chi connectivity index (χ4n) is 1.61. The van der Waals surface area contributed by atoms with Crippen molar-refractivity contribution in [2.24, 2.45) is 0 Å². The number of aromatic carboxylic acids is 1. The maximum Gasteiger partial charge on any atom is 0.339 e. The SMILES string of the molecule is CN(Cc1ccoc1)c1nc(Cl)ccc1C(=O)O. The van der Waals surface area contributed by atoms with Crippen LogP contribution in [0.15, 0.2) is 35.1 Å². The first kappa shape index (κ1) is 12.4. The normalized spacial score (nSPS) is 10.3. The van der Waals surface area contributed by atoms with Crippen LogP contribution in [0.1, 0.15) is 15.9 Å². The van der Waals surface area contributed by atoms with E-state index in [9.17, 15) is 4.79 Å². The lowest BCUT2D eigenvalue weighted by Gasteiger charge is -2.19. The smallest absolute Gasteiger partial charge is 0.339 e. The topological polar surface area (TPSA) is 66.6 Å². The molecule has 5 nitrogen and oxygen atoms in total. The number of anilines is 1. The molecule has 0 atom stereocenters. The van der Waals surface area contributed by atoms with Crippen molar-refractivity contribution >= 4 is 23.4 Å². The molecule has 2 aromatic rings. The highest BCUT2D eigenvalue weighted by atomic mass is 35.5. The van der Waals surface area contributed by atoms with Crippen molar-refractivity contribution in [1.82, 2.24) is 4.98 Å². The number of nitrogens with zero attached hydrogens (tertiary/aromatic N) is 2. The zero-order valence-corrected chi connectivity index (χ0v) is 10.4. The van der Waals surface area contributed by atoms with Gasteiger partial charge in [-0.25, -0.2) is 9.78 Å². The first-order valence-corrected chi connectivity index (χ1v) is 5.58. The minimum Gasteiger partial charge on any atom is -0.478 e. The first-order valence-electron chi connectivity index (χ1n) is 5.20. The predicted octanol–water partition coefficient (Wildman–Crippen LogP) is 2.66. The Balaban J connectivity index is 2.31. The van der Waals surface area contributed by atoms with Crippen molar-refractivity contribution in [1.29, 1.82) is 0 Å². The second kappa shape index (κ2) is 5.10.